The van der Waals surface area contributed by atoms with Crippen LogP contribution in [0.4, 0.5) is 0 Å². The quantitative estimate of drug-likeness (QED) is 0.459. The van der Waals surface area contributed by atoms with E-state index in [-0.39, 0.29) is 33.7 Å². The van der Waals surface area contributed by atoms with Crippen molar-refractivity contribution in [1.82, 2.24) is 0 Å². The van der Waals surface area contributed by atoms with Crippen LogP contribution in [0.3, 0.4) is 0 Å². The van der Waals surface area contributed by atoms with Gasteiger partial charge in [-0.1, -0.05) is 39.8 Å². The fraction of sp³-hybridized carbons (Fsp3) is 0.903. The van der Waals surface area contributed by atoms with Crippen LogP contribution in [0.1, 0.15) is 106 Å². The van der Waals surface area contributed by atoms with Crippen molar-refractivity contribution in [2.45, 2.75) is 112 Å². The minimum absolute atomic E-state index is 0.0846. The van der Waals surface area contributed by atoms with E-state index in [9.17, 15) is 15.0 Å². The molecule has 0 amide bonds. The van der Waals surface area contributed by atoms with Gasteiger partial charge in [0.2, 0.25) is 0 Å². The summed E-state index contributed by atoms with van der Waals surface area (Å²) in [6.07, 6.45) is 10.7. The van der Waals surface area contributed by atoms with Crippen LogP contribution in [0.5, 0.6) is 0 Å². The summed E-state index contributed by atoms with van der Waals surface area (Å²) in [6.45, 7) is 18.5. The van der Waals surface area contributed by atoms with Crippen molar-refractivity contribution in [2.75, 3.05) is 6.61 Å². The van der Waals surface area contributed by atoms with E-state index in [0.29, 0.717) is 35.4 Å². The highest BCUT2D eigenvalue weighted by Gasteiger charge is 2.71. The monoisotopic (exact) mass is 470 g/mol. The van der Waals surface area contributed by atoms with Gasteiger partial charge in [-0.05, 0) is 124 Å². The highest BCUT2D eigenvalue weighted by Crippen LogP contribution is 2.77. The first-order valence-electron chi connectivity index (χ1n) is 14.3. The molecule has 0 spiro atoms. The molecule has 192 valence electrons. The van der Waals surface area contributed by atoms with Crippen LogP contribution in [-0.2, 0) is 4.79 Å². The van der Waals surface area contributed by atoms with Crippen LogP contribution in [0.15, 0.2) is 12.2 Å². The molecule has 2 N–H and O–H groups in total. The third-order valence-corrected chi connectivity index (χ3v) is 13.9. The predicted molar refractivity (Wildman–Crippen MR) is 137 cm³/mol. The lowest BCUT2D eigenvalue weighted by Crippen LogP contribution is -2.67. The van der Waals surface area contributed by atoms with Crippen molar-refractivity contribution < 1.29 is 15.0 Å². The summed E-state index contributed by atoms with van der Waals surface area (Å²) in [6, 6.07) is 0. The van der Waals surface area contributed by atoms with E-state index in [1.165, 1.54) is 31.3 Å². The first-order valence-corrected chi connectivity index (χ1v) is 14.3. The van der Waals surface area contributed by atoms with Crippen molar-refractivity contribution in [3.63, 3.8) is 0 Å². The Hall–Kier alpha value is -0.670. The zero-order valence-corrected chi connectivity index (χ0v) is 22.8. The zero-order chi connectivity index (χ0) is 24.9. The fourth-order valence-electron chi connectivity index (χ4n) is 11.8. The molecule has 34 heavy (non-hydrogen) atoms. The Kier molecular flexibility index (Phi) is 5.64. The van der Waals surface area contributed by atoms with Gasteiger partial charge in [0.05, 0.1) is 12.7 Å². The molecule has 5 fully saturated rings. The molecule has 5 aliphatic carbocycles. The van der Waals surface area contributed by atoms with Crippen molar-refractivity contribution in [1.29, 1.82) is 0 Å². The Morgan fingerprint density at radius 1 is 0.853 bits per heavy atom. The molecular weight excluding hydrogens is 420 g/mol. The number of hydrogen-bond donors (Lipinski definition) is 2. The average Bonchev–Trinajstić information content (AvgIpc) is 3.18. The van der Waals surface area contributed by atoms with Gasteiger partial charge < -0.3 is 10.2 Å². The Balaban J connectivity index is 1.56. The van der Waals surface area contributed by atoms with E-state index in [0.717, 1.165) is 38.5 Å². The number of ketones is 1. The van der Waals surface area contributed by atoms with Gasteiger partial charge in [-0.3, -0.25) is 4.79 Å². The fourth-order valence-corrected chi connectivity index (χ4v) is 11.8. The number of hydrogen-bond acceptors (Lipinski definition) is 3. The third kappa shape index (κ3) is 2.81. The summed E-state index contributed by atoms with van der Waals surface area (Å²) < 4.78 is 0. The molecule has 5 rings (SSSR count). The number of carbonyl (C=O) groups excluding carboxylic acids is 1. The standard InChI is InChI=1S/C31H50O3/c1-19(2)21-10-15-31(20(3)33)17-16-29(6)22(26(21)31)8-9-24-27(4)13-12-25(34)28(5,18-32)23(27)11-14-30(24,29)7/h21-26,32,34H,1,8-18H2,2-7H3/t21-,22?,23?,24?,25-,26?,27-,28-,29+,30+,31+/m0/s1. The molecule has 0 aliphatic heterocycles. The second-order valence-corrected chi connectivity index (χ2v) is 14.6. The van der Waals surface area contributed by atoms with Gasteiger partial charge in [0.1, 0.15) is 5.78 Å². The molecule has 11 atom stereocenters. The molecule has 0 aromatic rings. The number of aliphatic hydroxyl groups is 2. The van der Waals surface area contributed by atoms with Crippen LogP contribution < -0.4 is 0 Å². The minimum atomic E-state index is -0.396. The van der Waals surface area contributed by atoms with E-state index in [1.54, 1.807) is 0 Å². The number of Topliss-reactive ketones (excluding diaryl/α,β-unsaturated/α-hetero) is 1. The molecule has 5 aliphatic rings. The Morgan fingerprint density at radius 2 is 1.56 bits per heavy atom. The molecular formula is C31H50O3. The van der Waals surface area contributed by atoms with Gasteiger partial charge in [0.25, 0.3) is 0 Å². The van der Waals surface area contributed by atoms with Crippen molar-refractivity contribution in [2.24, 2.45) is 56.7 Å². The van der Waals surface area contributed by atoms with Crippen LogP contribution in [-0.4, -0.2) is 28.7 Å². The van der Waals surface area contributed by atoms with Crippen LogP contribution in [0.2, 0.25) is 0 Å². The van der Waals surface area contributed by atoms with Crippen LogP contribution in [0.25, 0.3) is 0 Å². The molecule has 0 aromatic carbocycles. The topological polar surface area (TPSA) is 57.5 Å². The smallest absolute Gasteiger partial charge is 0.136 e. The predicted octanol–water partition coefficient (Wildman–Crippen LogP) is 6.57. The Bertz CT molecular complexity index is 880. The summed E-state index contributed by atoms with van der Waals surface area (Å²) in [5.41, 5.74) is 1.42. The van der Waals surface area contributed by atoms with E-state index >= 15 is 0 Å². The number of fused-ring (bicyclic) bond motifs is 7. The van der Waals surface area contributed by atoms with Gasteiger partial charge in [0, 0.05) is 10.8 Å². The third-order valence-electron chi connectivity index (χ3n) is 13.9. The van der Waals surface area contributed by atoms with E-state index in [2.05, 4.69) is 41.2 Å². The number of aliphatic hydroxyl groups excluding tert-OH is 2. The normalized spacial score (nSPS) is 56.6. The first kappa shape index (κ1) is 25.0. The van der Waals surface area contributed by atoms with Gasteiger partial charge in [-0.2, -0.15) is 0 Å². The molecule has 3 heteroatoms. The SMILES string of the molecule is C=C(C)[C@@H]1CC[C@]2(C(C)=O)CC[C@]3(C)C(CCC4[C@@]5(C)CC[C@H](O)[C@@](C)(CO)C5CC[C@]43C)C12. The second kappa shape index (κ2) is 7.67. The maximum absolute atomic E-state index is 13.2. The largest absolute Gasteiger partial charge is 0.396 e. The highest BCUT2D eigenvalue weighted by atomic mass is 16.3. The van der Waals surface area contributed by atoms with E-state index < -0.39 is 6.10 Å². The van der Waals surface area contributed by atoms with Crippen molar-refractivity contribution >= 4 is 5.78 Å². The number of rotatable bonds is 3. The molecule has 3 nitrogen and oxygen atoms in total. The molecule has 0 saturated heterocycles. The summed E-state index contributed by atoms with van der Waals surface area (Å²) in [5.74, 6) is 2.97. The van der Waals surface area contributed by atoms with Crippen LogP contribution in [0, 0.1) is 56.7 Å². The summed E-state index contributed by atoms with van der Waals surface area (Å²) in [7, 11) is 0. The molecule has 0 bridgehead atoms. The number of carbonyl (C=O) groups is 1. The van der Waals surface area contributed by atoms with E-state index in [4.69, 9.17) is 0 Å². The van der Waals surface area contributed by atoms with E-state index in [1.807, 2.05) is 6.92 Å². The summed E-state index contributed by atoms with van der Waals surface area (Å²) in [4.78, 5) is 13.2. The summed E-state index contributed by atoms with van der Waals surface area (Å²) >= 11 is 0. The zero-order valence-electron chi connectivity index (χ0n) is 22.8. The van der Waals surface area contributed by atoms with Gasteiger partial charge >= 0.3 is 0 Å². The molecule has 4 unspecified atom stereocenters. The Morgan fingerprint density at radius 3 is 2.18 bits per heavy atom. The molecule has 5 saturated carbocycles. The maximum Gasteiger partial charge on any atom is 0.136 e. The summed E-state index contributed by atoms with van der Waals surface area (Å²) in [5, 5.41) is 21.4. The minimum Gasteiger partial charge on any atom is -0.396 e. The van der Waals surface area contributed by atoms with Gasteiger partial charge in [-0.15, -0.1) is 0 Å². The number of allylic oxidation sites excluding steroid dienone is 1. The first-order chi connectivity index (χ1) is 15.8. The van der Waals surface area contributed by atoms with Gasteiger partial charge in [0.15, 0.2) is 0 Å². The lowest BCUT2D eigenvalue weighted by molar-refractivity contribution is -0.252. The van der Waals surface area contributed by atoms with Crippen LogP contribution >= 0.6 is 0 Å². The second-order valence-electron chi connectivity index (χ2n) is 14.6. The molecule has 0 aromatic heterocycles. The molecule has 0 radical (unpaired) electrons. The van der Waals surface area contributed by atoms with Gasteiger partial charge in [-0.25, -0.2) is 0 Å². The lowest BCUT2D eigenvalue weighted by atomic mass is 9.32. The average molecular weight is 471 g/mol. The highest BCUT2D eigenvalue weighted by molar-refractivity contribution is 5.83. The van der Waals surface area contributed by atoms with Crippen molar-refractivity contribution in [3.05, 3.63) is 12.2 Å². The Labute approximate surface area is 208 Å². The maximum atomic E-state index is 13.2. The lowest BCUT2D eigenvalue weighted by Gasteiger charge is -2.73. The van der Waals surface area contributed by atoms with Crippen molar-refractivity contribution in [3.8, 4) is 0 Å². The molecule has 0 heterocycles.